The highest BCUT2D eigenvalue weighted by Crippen LogP contribution is 2.29. The first kappa shape index (κ1) is 13.7. The number of benzene rings is 1. The monoisotopic (exact) mass is 279 g/mol. The molecule has 19 heavy (non-hydrogen) atoms. The van der Waals surface area contributed by atoms with Crippen LogP contribution in [0, 0.1) is 5.82 Å². The Bertz CT molecular complexity index is 609. The molecular weight excluding hydrogens is 265 g/mol. The topological polar surface area (TPSA) is 50.2 Å². The highest BCUT2D eigenvalue weighted by Gasteiger charge is 2.17. The molecule has 0 spiro atoms. The number of hydrogen-bond acceptors (Lipinski definition) is 3. The van der Waals surface area contributed by atoms with Crippen LogP contribution in [0.3, 0.4) is 0 Å². The average molecular weight is 279 g/mol. The van der Waals surface area contributed by atoms with E-state index in [9.17, 15) is 9.18 Å². The fourth-order valence-electron chi connectivity index (χ4n) is 1.71. The molecule has 1 N–H and O–H groups in total. The SMILES string of the molecule is CCc1cnc(-c2ccc(C(C)C(=O)O)cc2F)s1. The minimum Gasteiger partial charge on any atom is -0.481 e. The van der Waals surface area contributed by atoms with Gasteiger partial charge in [-0.1, -0.05) is 13.0 Å². The molecule has 100 valence electrons. The highest BCUT2D eigenvalue weighted by molar-refractivity contribution is 7.15. The third-order valence-corrected chi connectivity index (χ3v) is 4.17. The fourth-order valence-corrected chi connectivity index (χ4v) is 2.59. The summed E-state index contributed by atoms with van der Waals surface area (Å²) in [6.45, 7) is 3.56. The second kappa shape index (κ2) is 5.48. The van der Waals surface area contributed by atoms with Gasteiger partial charge >= 0.3 is 5.97 Å². The first-order valence-corrected chi connectivity index (χ1v) is 6.82. The van der Waals surface area contributed by atoms with Gasteiger partial charge in [0.25, 0.3) is 0 Å². The first-order valence-electron chi connectivity index (χ1n) is 6.00. The van der Waals surface area contributed by atoms with Gasteiger partial charge in [-0.15, -0.1) is 11.3 Å². The van der Waals surface area contributed by atoms with Gasteiger partial charge in [0.2, 0.25) is 0 Å². The van der Waals surface area contributed by atoms with Crippen LogP contribution in [0.25, 0.3) is 10.6 Å². The van der Waals surface area contributed by atoms with Crippen LogP contribution < -0.4 is 0 Å². The number of hydrogen-bond donors (Lipinski definition) is 1. The van der Waals surface area contributed by atoms with Gasteiger partial charge in [-0.2, -0.15) is 0 Å². The average Bonchev–Trinajstić information content (AvgIpc) is 2.86. The Morgan fingerprint density at radius 1 is 1.53 bits per heavy atom. The van der Waals surface area contributed by atoms with Gasteiger partial charge in [-0.05, 0) is 31.0 Å². The maximum Gasteiger partial charge on any atom is 0.310 e. The van der Waals surface area contributed by atoms with E-state index in [4.69, 9.17) is 5.11 Å². The minimum atomic E-state index is -0.963. The number of carboxylic acid groups (broad SMARTS) is 1. The summed E-state index contributed by atoms with van der Waals surface area (Å²) >= 11 is 1.45. The molecule has 0 bridgehead atoms. The molecule has 2 aromatic rings. The standard InChI is InChI=1S/C14H14FNO2S/c1-3-10-7-16-13(19-10)11-5-4-9(6-12(11)15)8(2)14(17)18/h4-8H,3H2,1-2H3,(H,17,18). The number of carboxylic acids is 1. The van der Waals surface area contributed by atoms with Crippen LogP contribution in [0.5, 0.6) is 0 Å². The first-order chi connectivity index (χ1) is 9.02. The normalized spacial score (nSPS) is 12.4. The van der Waals surface area contributed by atoms with Crippen LogP contribution in [0.15, 0.2) is 24.4 Å². The summed E-state index contributed by atoms with van der Waals surface area (Å²) in [7, 11) is 0. The number of rotatable bonds is 4. The van der Waals surface area contributed by atoms with Crippen molar-refractivity contribution in [1.29, 1.82) is 0 Å². The number of nitrogens with zero attached hydrogens (tertiary/aromatic N) is 1. The predicted octanol–water partition coefficient (Wildman–Crippen LogP) is 3.70. The molecule has 2 rings (SSSR count). The molecule has 0 amide bonds. The van der Waals surface area contributed by atoms with E-state index in [0.717, 1.165) is 11.3 Å². The lowest BCUT2D eigenvalue weighted by Crippen LogP contribution is -2.07. The Labute approximate surface area is 114 Å². The maximum atomic E-state index is 14.0. The molecule has 0 aliphatic rings. The summed E-state index contributed by atoms with van der Waals surface area (Å²) in [5.74, 6) is -2.11. The van der Waals surface area contributed by atoms with Crippen molar-refractivity contribution in [2.75, 3.05) is 0 Å². The lowest BCUT2D eigenvalue weighted by Gasteiger charge is -2.08. The van der Waals surface area contributed by atoms with E-state index in [1.165, 1.54) is 24.3 Å². The van der Waals surface area contributed by atoms with E-state index in [-0.39, 0.29) is 0 Å². The number of aliphatic carboxylic acids is 1. The summed E-state index contributed by atoms with van der Waals surface area (Å²) in [5.41, 5.74) is 0.882. The van der Waals surface area contributed by atoms with Crippen molar-refractivity contribution in [3.8, 4) is 10.6 Å². The van der Waals surface area contributed by atoms with Crippen molar-refractivity contribution in [3.05, 3.63) is 40.7 Å². The molecule has 0 aliphatic carbocycles. The van der Waals surface area contributed by atoms with E-state index in [2.05, 4.69) is 4.98 Å². The van der Waals surface area contributed by atoms with E-state index in [1.807, 2.05) is 6.92 Å². The van der Waals surface area contributed by atoms with Crippen LogP contribution in [0.2, 0.25) is 0 Å². The van der Waals surface area contributed by atoms with Crippen LogP contribution in [-0.2, 0) is 11.2 Å². The second-order valence-electron chi connectivity index (χ2n) is 4.28. The number of halogens is 1. The molecule has 5 heteroatoms. The zero-order valence-corrected chi connectivity index (χ0v) is 11.5. The molecule has 0 saturated carbocycles. The summed E-state index contributed by atoms with van der Waals surface area (Å²) < 4.78 is 14.0. The zero-order chi connectivity index (χ0) is 14.0. The molecule has 0 aliphatic heterocycles. The quantitative estimate of drug-likeness (QED) is 0.928. The van der Waals surface area contributed by atoms with Crippen LogP contribution >= 0.6 is 11.3 Å². The minimum absolute atomic E-state index is 0.422. The van der Waals surface area contributed by atoms with Crippen molar-refractivity contribution in [2.24, 2.45) is 0 Å². The van der Waals surface area contributed by atoms with Gasteiger partial charge in [0.1, 0.15) is 10.8 Å². The second-order valence-corrected chi connectivity index (χ2v) is 5.40. The van der Waals surface area contributed by atoms with Crippen molar-refractivity contribution >= 4 is 17.3 Å². The van der Waals surface area contributed by atoms with Gasteiger partial charge < -0.3 is 5.11 Å². The van der Waals surface area contributed by atoms with Crippen LogP contribution in [-0.4, -0.2) is 16.1 Å². The number of carbonyl (C=O) groups is 1. The van der Waals surface area contributed by atoms with Gasteiger partial charge in [0.15, 0.2) is 0 Å². The molecule has 0 saturated heterocycles. The zero-order valence-electron chi connectivity index (χ0n) is 10.7. The maximum absolute atomic E-state index is 14.0. The Morgan fingerprint density at radius 2 is 2.26 bits per heavy atom. The smallest absolute Gasteiger partial charge is 0.310 e. The molecule has 0 radical (unpaired) electrons. The Morgan fingerprint density at radius 3 is 2.79 bits per heavy atom. The fraction of sp³-hybridized carbons (Fsp3) is 0.286. The number of aryl methyl sites for hydroxylation is 1. The third kappa shape index (κ3) is 2.81. The Hall–Kier alpha value is -1.75. The van der Waals surface area contributed by atoms with Crippen molar-refractivity contribution in [2.45, 2.75) is 26.2 Å². The molecule has 1 unspecified atom stereocenters. The van der Waals surface area contributed by atoms with Gasteiger partial charge in [-0.25, -0.2) is 9.37 Å². The van der Waals surface area contributed by atoms with Crippen LogP contribution in [0.4, 0.5) is 4.39 Å². The predicted molar refractivity (Wildman–Crippen MR) is 72.9 cm³/mol. The lowest BCUT2D eigenvalue weighted by molar-refractivity contribution is -0.138. The van der Waals surface area contributed by atoms with Crippen molar-refractivity contribution in [3.63, 3.8) is 0 Å². The molecule has 3 nitrogen and oxygen atoms in total. The van der Waals surface area contributed by atoms with E-state index >= 15 is 0 Å². The summed E-state index contributed by atoms with van der Waals surface area (Å²) in [6.07, 6.45) is 2.61. The summed E-state index contributed by atoms with van der Waals surface area (Å²) in [6, 6.07) is 4.52. The molecule has 1 heterocycles. The molecule has 1 atom stereocenters. The largest absolute Gasteiger partial charge is 0.481 e. The molecular formula is C14H14FNO2S. The van der Waals surface area contributed by atoms with Gasteiger partial charge in [0, 0.05) is 16.6 Å². The number of aromatic nitrogens is 1. The molecule has 1 aromatic carbocycles. The third-order valence-electron chi connectivity index (χ3n) is 3.00. The van der Waals surface area contributed by atoms with E-state index in [0.29, 0.717) is 16.1 Å². The van der Waals surface area contributed by atoms with Crippen LogP contribution in [0.1, 0.15) is 30.2 Å². The van der Waals surface area contributed by atoms with Gasteiger partial charge in [0.05, 0.1) is 5.92 Å². The Balaban J connectivity index is 2.36. The van der Waals surface area contributed by atoms with E-state index < -0.39 is 17.7 Å². The highest BCUT2D eigenvalue weighted by atomic mass is 32.1. The van der Waals surface area contributed by atoms with Crippen molar-refractivity contribution in [1.82, 2.24) is 4.98 Å². The lowest BCUT2D eigenvalue weighted by atomic mass is 10.00. The van der Waals surface area contributed by atoms with E-state index in [1.54, 1.807) is 18.3 Å². The summed E-state index contributed by atoms with van der Waals surface area (Å²) in [4.78, 5) is 16.2. The molecule has 0 fully saturated rings. The van der Waals surface area contributed by atoms with Gasteiger partial charge in [-0.3, -0.25) is 4.79 Å². The number of thiazole rings is 1. The summed E-state index contributed by atoms with van der Waals surface area (Å²) in [5, 5.41) is 9.54. The molecule has 1 aromatic heterocycles. The Kier molecular flexibility index (Phi) is 3.95. The van der Waals surface area contributed by atoms with Crippen molar-refractivity contribution < 1.29 is 14.3 Å².